The number of ether oxygens (including phenoxy) is 1. The molecular formula is C27H22N2O3S. The SMILES string of the molecule is CC(C)OC(=O)c1cccc(Cn2cnc3scc(-c4ccc5ccccc5c4)c3c2=O)c1. The average molecular weight is 455 g/mol. The fourth-order valence-corrected chi connectivity index (χ4v) is 4.83. The van der Waals surface area contributed by atoms with Crippen molar-refractivity contribution in [2.45, 2.75) is 26.5 Å². The van der Waals surface area contributed by atoms with Gasteiger partial charge in [-0.05, 0) is 53.9 Å². The van der Waals surface area contributed by atoms with Gasteiger partial charge in [-0.3, -0.25) is 9.36 Å². The number of rotatable bonds is 5. The van der Waals surface area contributed by atoms with E-state index in [1.54, 1.807) is 29.1 Å². The first kappa shape index (κ1) is 21.1. The Hall–Kier alpha value is -3.77. The van der Waals surface area contributed by atoms with Crippen LogP contribution in [0, 0.1) is 0 Å². The lowest BCUT2D eigenvalue weighted by atomic mass is 10.0. The van der Waals surface area contributed by atoms with E-state index in [9.17, 15) is 9.59 Å². The number of benzene rings is 3. The summed E-state index contributed by atoms with van der Waals surface area (Å²) in [7, 11) is 0. The Balaban J connectivity index is 1.53. The maximum absolute atomic E-state index is 13.5. The van der Waals surface area contributed by atoms with E-state index >= 15 is 0 Å². The lowest BCUT2D eigenvalue weighted by molar-refractivity contribution is 0.0377. The molecule has 0 N–H and O–H groups in total. The molecular weight excluding hydrogens is 432 g/mol. The summed E-state index contributed by atoms with van der Waals surface area (Å²) in [6.07, 6.45) is 1.38. The number of hydrogen-bond acceptors (Lipinski definition) is 5. The molecule has 6 heteroatoms. The minimum atomic E-state index is -0.371. The molecule has 0 aliphatic heterocycles. The van der Waals surface area contributed by atoms with Crippen LogP contribution in [0.3, 0.4) is 0 Å². The zero-order valence-corrected chi connectivity index (χ0v) is 19.1. The number of carbonyl (C=O) groups excluding carboxylic acids is 1. The molecule has 0 aliphatic rings. The summed E-state index contributed by atoms with van der Waals surface area (Å²) in [5.41, 5.74) is 3.09. The second-order valence-corrected chi connectivity index (χ2v) is 9.08. The van der Waals surface area contributed by atoms with Gasteiger partial charge in [0.05, 0.1) is 29.9 Å². The van der Waals surface area contributed by atoms with E-state index in [0.717, 1.165) is 27.5 Å². The van der Waals surface area contributed by atoms with Gasteiger partial charge in [0.15, 0.2) is 0 Å². The molecule has 3 aromatic carbocycles. The van der Waals surface area contributed by atoms with Crippen molar-refractivity contribution in [2.24, 2.45) is 0 Å². The van der Waals surface area contributed by atoms with Crippen LogP contribution in [0.5, 0.6) is 0 Å². The van der Waals surface area contributed by atoms with Gasteiger partial charge in [0.25, 0.3) is 5.56 Å². The molecule has 164 valence electrons. The molecule has 0 spiro atoms. The predicted octanol–water partition coefficient (Wildman–Crippen LogP) is 5.89. The molecule has 0 saturated carbocycles. The third-order valence-electron chi connectivity index (χ3n) is 5.48. The molecule has 0 bridgehead atoms. The van der Waals surface area contributed by atoms with Crippen molar-refractivity contribution in [1.29, 1.82) is 0 Å². The monoisotopic (exact) mass is 454 g/mol. The van der Waals surface area contributed by atoms with Gasteiger partial charge in [-0.15, -0.1) is 11.3 Å². The summed E-state index contributed by atoms with van der Waals surface area (Å²) in [5, 5.41) is 4.90. The second-order valence-electron chi connectivity index (χ2n) is 8.22. The highest BCUT2D eigenvalue weighted by molar-refractivity contribution is 7.17. The number of nitrogens with zero attached hydrogens (tertiary/aromatic N) is 2. The van der Waals surface area contributed by atoms with Crippen LogP contribution in [0.2, 0.25) is 0 Å². The van der Waals surface area contributed by atoms with Crippen molar-refractivity contribution in [3.8, 4) is 11.1 Å². The van der Waals surface area contributed by atoms with Crippen LogP contribution in [0.4, 0.5) is 0 Å². The van der Waals surface area contributed by atoms with Gasteiger partial charge >= 0.3 is 5.97 Å². The van der Waals surface area contributed by atoms with E-state index in [0.29, 0.717) is 22.3 Å². The normalized spacial score (nSPS) is 11.4. The number of carbonyl (C=O) groups is 1. The lowest BCUT2D eigenvalue weighted by Gasteiger charge is -2.10. The standard InChI is InChI=1S/C27H22N2O3S/c1-17(2)32-27(31)22-9-5-6-18(12-22)14-29-16-28-25-24(26(29)30)23(15-33-25)21-11-10-19-7-3-4-8-20(19)13-21/h3-13,15-17H,14H2,1-2H3. The van der Waals surface area contributed by atoms with E-state index in [1.807, 2.05) is 43.5 Å². The summed E-state index contributed by atoms with van der Waals surface area (Å²) in [6.45, 7) is 3.95. The molecule has 5 nitrogen and oxygen atoms in total. The fourth-order valence-electron chi connectivity index (χ4n) is 3.92. The number of aromatic nitrogens is 2. The summed E-state index contributed by atoms with van der Waals surface area (Å²) in [4.78, 5) is 31.0. The van der Waals surface area contributed by atoms with Crippen LogP contribution in [-0.4, -0.2) is 21.6 Å². The van der Waals surface area contributed by atoms with E-state index in [1.165, 1.54) is 11.3 Å². The molecule has 2 heterocycles. The molecule has 0 unspecified atom stereocenters. The van der Waals surface area contributed by atoms with Crippen molar-refractivity contribution < 1.29 is 9.53 Å². The Bertz CT molecular complexity index is 1550. The van der Waals surface area contributed by atoms with Gasteiger partial charge in [0, 0.05) is 10.9 Å². The minimum absolute atomic E-state index is 0.0976. The average Bonchev–Trinajstić information content (AvgIpc) is 3.25. The lowest BCUT2D eigenvalue weighted by Crippen LogP contribution is -2.21. The molecule has 5 rings (SSSR count). The van der Waals surface area contributed by atoms with Crippen LogP contribution in [-0.2, 0) is 11.3 Å². The largest absolute Gasteiger partial charge is 0.459 e. The van der Waals surface area contributed by atoms with E-state index in [2.05, 4.69) is 29.2 Å². The summed E-state index contributed by atoms with van der Waals surface area (Å²) < 4.78 is 6.88. The Morgan fingerprint density at radius 1 is 1.03 bits per heavy atom. The van der Waals surface area contributed by atoms with Gasteiger partial charge in [-0.25, -0.2) is 9.78 Å². The minimum Gasteiger partial charge on any atom is -0.459 e. The highest BCUT2D eigenvalue weighted by Crippen LogP contribution is 2.32. The van der Waals surface area contributed by atoms with Crippen molar-refractivity contribution in [3.63, 3.8) is 0 Å². The highest BCUT2D eigenvalue weighted by Gasteiger charge is 2.15. The van der Waals surface area contributed by atoms with Gasteiger partial charge in [0.2, 0.25) is 0 Å². The summed E-state index contributed by atoms with van der Waals surface area (Å²) >= 11 is 1.47. The third kappa shape index (κ3) is 4.17. The second kappa shape index (κ2) is 8.64. The Morgan fingerprint density at radius 3 is 2.67 bits per heavy atom. The van der Waals surface area contributed by atoms with E-state index < -0.39 is 0 Å². The first-order chi connectivity index (χ1) is 16.0. The zero-order chi connectivity index (χ0) is 22.9. The van der Waals surface area contributed by atoms with Gasteiger partial charge < -0.3 is 4.74 Å². The molecule has 0 atom stereocenters. The van der Waals surface area contributed by atoms with E-state index in [-0.39, 0.29) is 17.6 Å². The van der Waals surface area contributed by atoms with Crippen molar-refractivity contribution in [3.05, 3.63) is 99.9 Å². The van der Waals surface area contributed by atoms with Gasteiger partial charge in [-0.2, -0.15) is 0 Å². The molecule has 0 radical (unpaired) electrons. The molecule has 5 aromatic rings. The van der Waals surface area contributed by atoms with Crippen LogP contribution >= 0.6 is 11.3 Å². The zero-order valence-electron chi connectivity index (χ0n) is 18.3. The van der Waals surface area contributed by atoms with Gasteiger partial charge in [-0.1, -0.05) is 48.5 Å². The number of fused-ring (bicyclic) bond motifs is 2. The van der Waals surface area contributed by atoms with Crippen molar-refractivity contribution in [2.75, 3.05) is 0 Å². The van der Waals surface area contributed by atoms with Crippen LogP contribution in [0.15, 0.2) is 83.2 Å². The fraction of sp³-hybridized carbons (Fsp3) is 0.148. The molecule has 0 saturated heterocycles. The Labute approximate surface area is 194 Å². The van der Waals surface area contributed by atoms with E-state index in [4.69, 9.17) is 4.74 Å². The number of thiophene rings is 1. The highest BCUT2D eigenvalue weighted by atomic mass is 32.1. The summed E-state index contributed by atoms with van der Waals surface area (Å²) in [6, 6.07) is 21.6. The number of esters is 1. The molecule has 0 aliphatic carbocycles. The summed E-state index contributed by atoms with van der Waals surface area (Å²) in [5.74, 6) is -0.371. The first-order valence-corrected chi connectivity index (χ1v) is 11.6. The van der Waals surface area contributed by atoms with Crippen molar-refractivity contribution in [1.82, 2.24) is 9.55 Å². The third-order valence-corrected chi connectivity index (χ3v) is 6.37. The smallest absolute Gasteiger partial charge is 0.338 e. The van der Waals surface area contributed by atoms with Crippen LogP contribution in [0.1, 0.15) is 29.8 Å². The maximum atomic E-state index is 13.5. The van der Waals surface area contributed by atoms with Crippen molar-refractivity contribution >= 4 is 38.3 Å². The topological polar surface area (TPSA) is 61.2 Å². The Kier molecular flexibility index (Phi) is 5.52. The van der Waals surface area contributed by atoms with Crippen LogP contribution < -0.4 is 5.56 Å². The molecule has 2 aromatic heterocycles. The first-order valence-electron chi connectivity index (χ1n) is 10.8. The predicted molar refractivity (Wildman–Crippen MR) is 133 cm³/mol. The number of hydrogen-bond donors (Lipinski definition) is 0. The maximum Gasteiger partial charge on any atom is 0.338 e. The quantitative estimate of drug-likeness (QED) is 0.311. The van der Waals surface area contributed by atoms with Crippen LogP contribution in [0.25, 0.3) is 32.1 Å². The Morgan fingerprint density at radius 2 is 1.85 bits per heavy atom. The molecule has 0 fully saturated rings. The molecule has 0 amide bonds. The molecule has 33 heavy (non-hydrogen) atoms. The van der Waals surface area contributed by atoms with Gasteiger partial charge in [0.1, 0.15) is 4.83 Å².